The van der Waals surface area contributed by atoms with Gasteiger partial charge in [-0.25, -0.2) is 0 Å². The van der Waals surface area contributed by atoms with Gasteiger partial charge in [0, 0.05) is 0 Å². The molecule has 0 saturated carbocycles. The largest absolute Gasteiger partial charge is 0.317 e. The van der Waals surface area contributed by atoms with Crippen LogP contribution in [0.5, 0.6) is 0 Å². The molecule has 2 N–H and O–H groups in total. The Morgan fingerprint density at radius 3 is 2.29 bits per heavy atom. The van der Waals surface area contributed by atoms with Crippen molar-refractivity contribution in [1.82, 2.24) is 10.6 Å². The second-order valence-corrected chi connectivity index (χ2v) is 3.43. The molecule has 0 aromatic heterocycles. The minimum atomic E-state index is -0.421. The Balaban J connectivity index is 0.000000845. The first-order chi connectivity index (χ1) is 5.73. The van der Waals surface area contributed by atoms with Gasteiger partial charge in [0.1, 0.15) is 11.4 Å². The second kappa shape index (κ2) is 4.96. The fourth-order valence-corrected chi connectivity index (χ4v) is 1.86. The fourth-order valence-electron chi connectivity index (χ4n) is 1.86. The summed E-state index contributed by atoms with van der Waals surface area (Å²) in [4.78, 5) is 15.9. The van der Waals surface area contributed by atoms with E-state index >= 15 is 0 Å². The molecule has 0 atom stereocenters. The van der Waals surface area contributed by atoms with Crippen molar-refractivity contribution in [1.29, 1.82) is 0 Å². The Morgan fingerprint density at radius 1 is 1.29 bits per heavy atom. The topological polar surface area (TPSA) is 53.5 Å². The maximum Gasteiger partial charge on any atom is 0.253 e. The van der Waals surface area contributed by atoms with Gasteiger partial charge in [0.25, 0.3) is 5.91 Å². The third-order valence-electron chi connectivity index (χ3n) is 2.53. The first-order valence-corrected chi connectivity index (χ1v) is 4.32. The highest BCUT2D eigenvalue weighted by atomic mass is 35.5. The Kier molecular flexibility index (Phi) is 4.84. The average Bonchev–Trinajstić information content (AvgIpc) is 2.29. The van der Waals surface area contributed by atoms with Crippen LogP contribution >= 0.6 is 24.8 Å². The molecule has 14 heavy (non-hydrogen) atoms. The summed E-state index contributed by atoms with van der Waals surface area (Å²) in [7, 11) is 0. The van der Waals surface area contributed by atoms with E-state index in [2.05, 4.69) is 15.6 Å². The number of amides is 1. The van der Waals surface area contributed by atoms with Crippen molar-refractivity contribution >= 4 is 36.6 Å². The van der Waals surface area contributed by atoms with E-state index in [1.54, 1.807) is 0 Å². The van der Waals surface area contributed by atoms with E-state index in [-0.39, 0.29) is 30.7 Å². The zero-order valence-corrected chi connectivity index (χ0v) is 9.63. The average molecular weight is 240 g/mol. The summed E-state index contributed by atoms with van der Waals surface area (Å²) in [5, 5.41) is 5.98. The molecule has 2 aliphatic heterocycles. The maximum atomic E-state index is 11.5. The molecule has 0 bridgehead atoms. The molecule has 1 amide bonds. The standard InChI is InChI=1S/C8H13N3O.2ClH/c1-6-10-7(12)8(11-6)2-4-9-5-3-8;;/h9H,2-5H2,1H3,(H,10,11,12);2*1H. The number of piperidine rings is 1. The van der Waals surface area contributed by atoms with E-state index < -0.39 is 5.54 Å². The molecule has 0 aromatic carbocycles. The van der Waals surface area contributed by atoms with Crippen LogP contribution in [-0.4, -0.2) is 30.4 Å². The highest BCUT2D eigenvalue weighted by molar-refractivity contribution is 6.07. The number of rotatable bonds is 0. The van der Waals surface area contributed by atoms with Crippen LogP contribution in [0.1, 0.15) is 19.8 Å². The summed E-state index contributed by atoms with van der Waals surface area (Å²) in [5.41, 5.74) is -0.421. The van der Waals surface area contributed by atoms with Gasteiger partial charge in [-0.1, -0.05) is 0 Å². The molecule has 0 aliphatic carbocycles. The number of nitrogens with one attached hydrogen (secondary N) is 2. The Labute approximate surface area is 95.7 Å². The predicted octanol–water partition coefficient (Wildman–Crippen LogP) is 0.500. The molecule has 2 heterocycles. The van der Waals surface area contributed by atoms with E-state index in [9.17, 15) is 4.79 Å². The predicted molar refractivity (Wildman–Crippen MR) is 60.6 cm³/mol. The van der Waals surface area contributed by atoms with E-state index in [0.29, 0.717) is 0 Å². The molecule has 2 aliphatic rings. The van der Waals surface area contributed by atoms with Crippen LogP contribution in [0.15, 0.2) is 4.99 Å². The van der Waals surface area contributed by atoms with Crippen LogP contribution in [-0.2, 0) is 4.79 Å². The van der Waals surface area contributed by atoms with Gasteiger partial charge < -0.3 is 10.6 Å². The van der Waals surface area contributed by atoms with E-state index in [1.807, 2.05) is 6.92 Å². The SMILES string of the molecule is CC1=NC2(CCNCC2)C(=O)N1.Cl.Cl. The van der Waals surface area contributed by atoms with Gasteiger partial charge >= 0.3 is 0 Å². The fraction of sp³-hybridized carbons (Fsp3) is 0.750. The maximum absolute atomic E-state index is 11.5. The Morgan fingerprint density at radius 2 is 1.86 bits per heavy atom. The number of amidine groups is 1. The number of carbonyl (C=O) groups excluding carboxylic acids is 1. The summed E-state index contributed by atoms with van der Waals surface area (Å²) in [5.74, 6) is 0.850. The third kappa shape index (κ3) is 2.19. The molecule has 1 fully saturated rings. The summed E-state index contributed by atoms with van der Waals surface area (Å²) in [6.07, 6.45) is 1.66. The lowest BCUT2D eigenvalue weighted by Gasteiger charge is -2.28. The van der Waals surface area contributed by atoms with Gasteiger partial charge in [-0.15, -0.1) is 24.8 Å². The monoisotopic (exact) mass is 239 g/mol. The molecule has 4 nitrogen and oxygen atoms in total. The van der Waals surface area contributed by atoms with Crippen molar-refractivity contribution in [3.63, 3.8) is 0 Å². The van der Waals surface area contributed by atoms with Crippen LogP contribution < -0.4 is 10.6 Å². The second-order valence-electron chi connectivity index (χ2n) is 3.43. The lowest BCUT2D eigenvalue weighted by molar-refractivity contribution is -0.124. The number of halogens is 2. The first-order valence-electron chi connectivity index (χ1n) is 4.32. The highest BCUT2D eigenvalue weighted by Gasteiger charge is 2.42. The number of hydrogen-bond acceptors (Lipinski definition) is 3. The normalized spacial score (nSPS) is 23.2. The highest BCUT2D eigenvalue weighted by Crippen LogP contribution is 2.26. The summed E-state index contributed by atoms with van der Waals surface area (Å²) in [6.45, 7) is 3.63. The molecule has 1 saturated heterocycles. The van der Waals surface area contributed by atoms with Gasteiger partial charge in [0.2, 0.25) is 0 Å². The molecule has 6 heteroatoms. The van der Waals surface area contributed by atoms with Crippen molar-refractivity contribution in [2.45, 2.75) is 25.3 Å². The van der Waals surface area contributed by atoms with Crippen molar-refractivity contribution < 1.29 is 4.79 Å². The number of hydrogen-bond donors (Lipinski definition) is 2. The summed E-state index contributed by atoms with van der Waals surface area (Å²) < 4.78 is 0. The first kappa shape index (κ1) is 13.7. The van der Waals surface area contributed by atoms with Crippen molar-refractivity contribution in [3.05, 3.63) is 0 Å². The minimum Gasteiger partial charge on any atom is -0.317 e. The third-order valence-corrected chi connectivity index (χ3v) is 2.53. The Bertz CT molecular complexity index is 249. The van der Waals surface area contributed by atoms with Crippen LogP contribution in [0.3, 0.4) is 0 Å². The van der Waals surface area contributed by atoms with Crippen molar-refractivity contribution in [3.8, 4) is 0 Å². The molecule has 0 radical (unpaired) electrons. The number of carbonyl (C=O) groups is 1. The smallest absolute Gasteiger partial charge is 0.253 e. The van der Waals surface area contributed by atoms with E-state index in [4.69, 9.17) is 0 Å². The quantitative estimate of drug-likeness (QED) is 0.647. The van der Waals surface area contributed by atoms with Crippen molar-refractivity contribution in [2.75, 3.05) is 13.1 Å². The molecular weight excluding hydrogens is 225 g/mol. The van der Waals surface area contributed by atoms with E-state index in [1.165, 1.54) is 0 Å². The molecule has 82 valence electrons. The van der Waals surface area contributed by atoms with Gasteiger partial charge in [-0.3, -0.25) is 9.79 Å². The number of nitrogens with zero attached hydrogens (tertiary/aromatic N) is 1. The summed E-state index contributed by atoms with van der Waals surface area (Å²) >= 11 is 0. The molecule has 2 rings (SSSR count). The number of aliphatic imine (C=N–C) groups is 1. The van der Waals surface area contributed by atoms with Crippen LogP contribution in [0.25, 0.3) is 0 Å². The van der Waals surface area contributed by atoms with Crippen LogP contribution in [0, 0.1) is 0 Å². The van der Waals surface area contributed by atoms with E-state index in [0.717, 1.165) is 31.8 Å². The lowest BCUT2D eigenvalue weighted by Crippen LogP contribution is -2.47. The van der Waals surface area contributed by atoms with Crippen LogP contribution in [0.4, 0.5) is 0 Å². The molecule has 0 unspecified atom stereocenters. The van der Waals surface area contributed by atoms with Gasteiger partial charge in [0.05, 0.1) is 0 Å². The molecule has 1 spiro atoms. The van der Waals surface area contributed by atoms with Crippen molar-refractivity contribution in [2.24, 2.45) is 4.99 Å². The van der Waals surface area contributed by atoms with Gasteiger partial charge in [0.15, 0.2) is 0 Å². The zero-order chi connectivity index (χ0) is 8.60. The van der Waals surface area contributed by atoms with Gasteiger partial charge in [-0.05, 0) is 32.9 Å². The Hall–Kier alpha value is -0.320. The van der Waals surface area contributed by atoms with Gasteiger partial charge in [-0.2, -0.15) is 0 Å². The minimum absolute atomic E-state index is 0. The zero-order valence-electron chi connectivity index (χ0n) is 8.00. The summed E-state index contributed by atoms with van der Waals surface area (Å²) in [6, 6.07) is 0. The lowest BCUT2D eigenvalue weighted by atomic mass is 9.89. The van der Waals surface area contributed by atoms with Crippen LogP contribution in [0.2, 0.25) is 0 Å². The molecular formula is C8H15Cl2N3O. The molecule has 0 aromatic rings.